The van der Waals surface area contributed by atoms with Crippen LogP contribution >= 0.6 is 0 Å². The van der Waals surface area contributed by atoms with Crippen LogP contribution in [0.15, 0.2) is 36.5 Å². The maximum Gasteiger partial charge on any atom is 0.316 e. The van der Waals surface area contributed by atoms with Crippen molar-refractivity contribution in [2.24, 2.45) is 5.73 Å². The molecule has 0 saturated carbocycles. The average molecular weight is 268 g/mol. The number of aromatic nitrogens is 1. The Balaban J connectivity index is 2.23. The lowest BCUT2D eigenvalue weighted by atomic mass is 10.2. The third-order valence-electron chi connectivity index (χ3n) is 2.53. The molecule has 2 rings (SSSR count). The molecular formula is C14H12N4O2. The summed E-state index contributed by atoms with van der Waals surface area (Å²) < 4.78 is 5.67. The minimum absolute atomic E-state index is 0.318. The standard InChI is InChI=1S/C14H12N4O2/c1-9-2-3-10(18-14(16)19)6-13(9)20-12-5-4-11(7-15)17-8-12/h2-6,8H,1H3,(H3,16,18,19). The summed E-state index contributed by atoms with van der Waals surface area (Å²) in [5.41, 5.74) is 6.82. The van der Waals surface area contributed by atoms with Crippen LogP contribution < -0.4 is 15.8 Å². The van der Waals surface area contributed by atoms with Crippen LogP contribution in [0.4, 0.5) is 10.5 Å². The van der Waals surface area contributed by atoms with Crippen molar-refractivity contribution in [1.29, 1.82) is 5.26 Å². The number of benzene rings is 1. The highest BCUT2D eigenvalue weighted by Gasteiger charge is 2.05. The van der Waals surface area contributed by atoms with Gasteiger partial charge in [0.15, 0.2) is 0 Å². The second kappa shape index (κ2) is 5.71. The van der Waals surface area contributed by atoms with E-state index >= 15 is 0 Å². The van der Waals surface area contributed by atoms with Gasteiger partial charge in [-0.3, -0.25) is 0 Å². The molecule has 1 aromatic carbocycles. The lowest BCUT2D eigenvalue weighted by molar-refractivity contribution is 0.259. The molecule has 3 N–H and O–H groups in total. The summed E-state index contributed by atoms with van der Waals surface area (Å²) in [5, 5.41) is 11.2. The highest BCUT2D eigenvalue weighted by molar-refractivity contribution is 5.88. The van der Waals surface area contributed by atoms with Crippen molar-refractivity contribution >= 4 is 11.7 Å². The fraction of sp³-hybridized carbons (Fsp3) is 0.0714. The van der Waals surface area contributed by atoms with Gasteiger partial charge in [0.05, 0.1) is 6.20 Å². The topological polar surface area (TPSA) is 101 Å². The number of ether oxygens (including phenoxy) is 1. The Morgan fingerprint density at radius 3 is 2.80 bits per heavy atom. The van der Waals surface area contributed by atoms with Crippen LogP contribution in [0, 0.1) is 18.3 Å². The maximum absolute atomic E-state index is 10.8. The van der Waals surface area contributed by atoms with Crippen molar-refractivity contribution in [2.75, 3.05) is 5.32 Å². The molecular weight excluding hydrogens is 256 g/mol. The molecule has 0 radical (unpaired) electrons. The Morgan fingerprint density at radius 1 is 1.40 bits per heavy atom. The molecule has 6 heteroatoms. The van der Waals surface area contributed by atoms with E-state index in [9.17, 15) is 4.79 Å². The number of nitrogens with zero attached hydrogens (tertiary/aromatic N) is 2. The monoisotopic (exact) mass is 268 g/mol. The van der Waals surface area contributed by atoms with Crippen molar-refractivity contribution in [1.82, 2.24) is 4.98 Å². The van der Waals surface area contributed by atoms with E-state index in [2.05, 4.69) is 10.3 Å². The number of hydrogen-bond donors (Lipinski definition) is 2. The molecule has 0 atom stereocenters. The number of carbonyl (C=O) groups is 1. The minimum atomic E-state index is -0.639. The number of nitriles is 1. The summed E-state index contributed by atoms with van der Waals surface area (Å²) >= 11 is 0. The van der Waals surface area contributed by atoms with Gasteiger partial charge >= 0.3 is 6.03 Å². The van der Waals surface area contributed by atoms with E-state index in [4.69, 9.17) is 15.7 Å². The first-order chi connectivity index (χ1) is 9.58. The summed E-state index contributed by atoms with van der Waals surface area (Å²) in [7, 11) is 0. The molecule has 2 amide bonds. The molecule has 0 aliphatic heterocycles. The fourth-order valence-electron chi connectivity index (χ4n) is 1.56. The van der Waals surface area contributed by atoms with Gasteiger partial charge in [-0.25, -0.2) is 9.78 Å². The number of primary amides is 1. The van der Waals surface area contributed by atoms with Crippen molar-refractivity contribution in [2.45, 2.75) is 6.92 Å². The number of anilines is 1. The number of amides is 2. The van der Waals surface area contributed by atoms with Crippen LogP contribution in [0.5, 0.6) is 11.5 Å². The highest BCUT2D eigenvalue weighted by atomic mass is 16.5. The van der Waals surface area contributed by atoms with Gasteiger partial charge < -0.3 is 15.8 Å². The Labute approximate surface area is 115 Å². The minimum Gasteiger partial charge on any atom is -0.455 e. The van der Waals surface area contributed by atoms with E-state index in [0.717, 1.165) is 5.56 Å². The van der Waals surface area contributed by atoms with Gasteiger partial charge in [-0.05, 0) is 30.7 Å². The highest BCUT2D eigenvalue weighted by Crippen LogP contribution is 2.27. The smallest absolute Gasteiger partial charge is 0.316 e. The second-order valence-corrected chi connectivity index (χ2v) is 4.06. The summed E-state index contributed by atoms with van der Waals surface area (Å²) in [5.74, 6) is 1.08. The number of nitrogens with two attached hydrogens (primary N) is 1. The zero-order valence-corrected chi connectivity index (χ0v) is 10.8. The molecule has 0 saturated heterocycles. The van der Waals surface area contributed by atoms with E-state index < -0.39 is 6.03 Å². The first-order valence-electron chi connectivity index (χ1n) is 5.79. The van der Waals surface area contributed by atoms with Crippen LogP contribution in [0.2, 0.25) is 0 Å². The van der Waals surface area contributed by atoms with E-state index in [1.54, 1.807) is 30.3 Å². The molecule has 1 heterocycles. The SMILES string of the molecule is Cc1ccc(NC(N)=O)cc1Oc1ccc(C#N)nc1. The predicted molar refractivity (Wildman–Crippen MR) is 73.4 cm³/mol. The molecule has 0 spiro atoms. The van der Waals surface area contributed by atoms with Gasteiger partial charge in [0.1, 0.15) is 23.3 Å². The van der Waals surface area contributed by atoms with Gasteiger partial charge in [0.2, 0.25) is 0 Å². The Morgan fingerprint density at radius 2 is 2.20 bits per heavy atom. The summed E-state index contributed by atoms with van der Waals surface area (Å²) in [4.78, 5) is 14.7. The van der Waals surface area contributed by atoms with Crippen LogP contribution in [-0.2, 0) is 0 Å². The number of hydrogen-bond acceptors (Lipinski definition) is 4. The number of urea groups is 1. The Kier molecular flexibility index (Phi) is 3.82. The van der Waals surface area contributed by atoms with Crippen molar-refractivity contribution in [3.63, 3.8) is 0 Å². The molecule has 100 valence electrons. The lowest BCUT2D eigenvalue weighted by Crippen LogP contribution is -2.19. The lowest BCUT2D eigenvalue weighted by Gasteiger charge is -2.10. The normalized spacial score (nSPS) is 9.60. The van der Waals surface area contributed by atoms with Gasteiger partial charge in [0, 0.05) is 11.8 Å². The van der Waals surface area contributed by atoms with Crippen LogP contribution in [0.1, 0.15) is 11.3 Å². The van der Waals surface area contributed by atoms with E-state index in [0.29, 0.717) is 22.9 Å². The van der Waals surface area contributed by atoms with Crippen LogP contribution in [0.3, 0.4) is 0 Å². The second-order valence-electron chi connectivity index (χ2n) is 4.06. The zero-order valence-electron chi connectivity index (χ0n) is 10.8. The van der Waals surface area contributed by atoms with Crippen LogP contribution in [0.25, 0.3) is 0 Å². The molecule has 20 heavy (non-hydrogen) atoms. The molecule has 0 aliphatic rings. The number of pyridine rings is 1. The molecule has 0 bridgehead atoms. The van der Waals surface area contributed by atoms with E-state index in [1.807, 2.05) is 13.0 Å². The maximum atomic E-state index is 10.8. The number of carbonyl (C=O) groups excluding carboxylic acids is 1. The largest absolute Gasteiger partial charge is 0.455 e. The van der Waals surface area contributed by atoms with Gasteiger partial charge in [-0.2, -0.15) is 5.26 Å². The molecule has 6 nitrogen and oxygen atoms in total. The first kappa shape index (κ1) is 13.4. The van der Waals surface area contributed by atoms with Gasteiger partial charge in [-0.1, -0.05) is 6.07 Å². The number of nitrogens with one attached hydrogen (secondary N) is 1. The Bertz CT molecular complexity index is 675. The van der Waals surface area contributed by atoms with Crippen molar-refractivity contribution in [3.05, 3.63) is 47.8 Å². The average Bonchev–Trinajstić information content (AvgIpc) is 2.43. The summed E-state index contributed by atoms with van der Waals surface area (Å²) in [6.07, 6.45) is 1.46. The quantitative estimate of drug-likeness (QED) is 0.893. The van der Waals surface area contributed by atoms with Crippen molar-refractivity contribution < 1.29 is 9.53 Å². The molecule has 1 aromatic heterocycles. The van der Waals surface area contributed by atoms with E-state index in [1.165, 1.54) is 6.20 Å². The molecule has 2 aromatic rings. The number of aryl methyl sites for hydroxylation is 1. The van der Waals surface area contributed by atoms with E-state index in [-0.39, 0.29) is 0 Å². The van der Waals surface area contributed by atoms with Gasteiger partial charge in [0.25, 0.3) is 0 Å². The molecule has 0 aliphatic carbocycles. The fourth-order valence-corrected chi connectivity index (χ4v) is 1.56. The first-order valence-corrected chi connectivity index (χ1v) is 5.79. The molecule has 0 fully saturated rings. The third kappa shape index (κ3) is 3.23. The number of rotatable bonds is 3. The summed E-state index contributed by atoms with van der Waals surface area (Å²) in [6.45, 7) is 1.88. The van der Waals surface area contributed by atoms with Crippen molar-refractivity contribution in [3.8, 4) is 17.6 Å². The Hall–Kier alpha value is -3.07. The van der Waals surface area contributed by atoms with Gasteiger partial charge in [-0.15, -0.1) is 0 Å². The third-order valence-corrected chi connectivity index (χ3v) is 2.53. The molecule has 0 unspecified atom stereocenters. The zero-order chi connectivity index (χ0) is 14.5. The predicted octanol–water partition coefficient (Wildman–Crippen LogP) is 2.54. The van der Waals surface area contributed by atoms with Crippen LogP contribution in [-0.4, -0.2) is 11.0 Å². The summed E-state index contributed by atoms with van der Waals surface area (Å²) in [6, 6.07) is 9.71.